The van der Waals surface area contributed by atoms with Crippen LogP contribution in [0.5, 0.6) is 0 Å². The summed E-state index contributed by atoms with van der Waals surface area (Å²) in [5.74, 6) is 0. The fourth-order valence-corrected chi connectivity index (χ4v) is 1.24. The number of nitrogens with one attached hydrogen (secondary N) is 1. The Balaban J connectivity index is 2.18. The molecule has 5 heteroatoms. The highest BCUT2D eigenvalue weighted by Crippen LogP contribution is 2.18. The number of rotatable bonds is 1. The lowest BCUT2D eigenvalue weighted by Crippen LogP contribution is -2.29. The highest BCUT2D eigenvalue weighted by atomic mass is 79.9. The molecule has 0 bridgehead atoms. The SMILES string of the molecule is Brc1ccc(N2CN=NN2)cc1. The molecule has 0 amide bonds. The van der Waals surface area contributed by atoms with Crippen molar-refractivity contribution in [1.29, 1.82) is 0 Å². The molecular formula is C7H7BrN4. The van der Waals surface area contributed by atoms with Gasteiger partial charge < -0.3 is 0 Å². The Morgan fingerprint density at radius 3 is 2.67 bits per heavy atom. The first-order valence-corrected chi connectivity index (χ1v) is 4.31. The summed E-state index contributed by atoms with van der Waals surface area (Å²) >= 11 is 3.37. The van der Waals surface area contributed by atoms with E-state index in [-0.39, 0.29) is 0 Å². The van der Waals surface area contributed by atoms with Crippen LogP contribution in [0.1, 0.15) is 0 Å². The molecule has 0 saturated carbocycles. The molecule has 1 aromatic rings. The van der Waals surface area contributed by atoms with Crippen molar-refractivity contribution in [2.45, 2.75) is 0 Å². The summed E-state index contributed by atoms with van der Waals surface area (Å²) in [5.41, 5.74) is 3.83. The van der Waals surface area contributed by atoms with Gasteiger partial charge in [-0.25, -0.2) is 5.01 Å². The topological polar surface area (TPSA) is 40.0 Å². The third-order valence-corrected chi connectivity index (χ3v) is 2.11. The van der Waals surface area contributed by atoms with Gasteiger partial charge in [-0.1, -0.05) is 21.2 Å². The Bertz CT molecular complexity index is 287. The van der Waals surface area contributed by atoms with Gasteiger partial charge in [-0.15, -0.1) is 5.11 Å². The molecule has 1 aliphatic rings. The number of hydrogen-bond acceptors (Lipinski definition) is 4. The smallest absolute Gasteiger partial charge is 0.154 e. The maximum atomic E-state index is 3.79. The lowest BCUT2D eigenvalue weighted by Gasteiger charge is -2.14. The third-order valence-electron chi connectivity index (χ3n) is 1.58. The highest BCUT2D eigenvalue weighted by molar-refractivity contribution is 9.10. The van der Waals surface area contributed by atoms with E-state index >= 15 is 0 Å². The van der Waals surface area contributed by atoms with Crippen molar-refractivity contribution in [2.75, 3.05) is 11.7 Å². The van der Waals surface area contributed by atoms with Crippen LogP contribution >= 0.6 is 15.9 Å². The summed E-state index contributed by atoms with van der Waals surface area (Å²) < 4.78 is 1.07. The van der Waals surface area contributed by atoms with Crippen LogP contribution in [0.15, 0.2) is 39.1 Å². The second-order valence-electron chi connectivity index (χ2n) is 2.39. The van der Waals surface area contributed by atoms with Crippen molar-refractivity contribution in [3.05, 3.63) is 28.7 Å². The molecule has 1 aromatic carbocycles. The number of hydrogen-bond donors (Lipinski definition) is 1. The number of hydrazine groups is 1. The van der Waals surface area contributed by atoms with Gasteiger partial charge in [-0.3, -0.25) is 0 Å². The monoisotopic (exact) mass is 226 g/mol. The summed E-state index contributed by atoms with van der Waals surface area (Å²) in [7, 11) is 0. The van der Waals surface area contributed by atoms with E-state index in [1.807, 2.05) is 29.3 Å². The Hall–Kier alpha value is -1.10. The Labute approximate surface area is 78.4 Å². The molecule has 0 radical (unpaired) electrons. The van der Waals surface area contributed by atoms with Crippen LogP contribution in [0.25, 0.3) is 0 Å². The summed E-state index contributed by atoms with van der Waals surface area (Å²) in [6.45, 7) is 0.571. The minimum Gasteiger partial charge on any atom is -0.247 e. The highest BCUT2D eigenvalue weighted by Gasteiger charge is 2.07. The summed E-state index contributed by atoms with van der Waals surface area (Å²) in [5, 5.41) is 9.30. The molecule has 2 rings (SSSR count). The first kappa shape index (κ1) is 7.54. The van der Waals surface area contributed by atoms with E-state index < -0.39 is 0 Å². The van der Waals surface area contributed by atoms with E-state index in [2.05, 4.69) is 31.8 Å². The van der Waals surface area contributed by atoms with Crippen LogP contribution in [-0.2, 0) is 0 Å². The molecule has 4 nitrogen and oxygen atoms in total. The maximum absolute atomic E-state index is 3.79. The van der Waals surface area contributed by atoms with Crippen molar-refractivity contribution < 1.29 is 0 Å². The Kier molecular flexibility index (Phi) is 1.95. The molecule has 0 aliphatic carbocycles. The van der Waals surface area contributed by atoms with Crippen LogP contribution in [0.2, 0.25) is 0 Å². The Morgan fingerprint density at radius 2 is 2.08 bits per heavy atom. The quantitative estimate of drug-likeness (QED) is 0.797. The van der Waals surface area contributed by atoms with E-state index in [1.165, 1.54) is 0 Å². The number of nitrogens with zero attached hydrogens (tertiary/aromatic N) is 3. The minimum atomic E-state index is 0.571. The van der Waals surface area contributed by atoms with Gasteiger partial charge in [0, 0.05) is 4.47 Å². The van der Waals surface area contributed by atoms with E-state index in [0.29, 0.717) is 6.67 Å². The van der Waals surface area contributed by atoms with Crippen molar-refractivity contribution in [3.63, 3.8) is 0 Å². The van der Waals surface area contributed by atoms with Crippen molar-refractivity contribution in [1.82, 2.24) is 5.53 Å². The van der Waals surface area contributed by atoms with E-state index in [1.54, 1.807) is 0 Å². The molecule has 1 aliphatic heterocycles. The zero-order chi connectivity index (χ0) is 8.39. The minimum absolute atomic E-state index is 0.571. The second kappa shape index (κ2) is 3.10. The van der Waals surface area contributed by atoms with E-state index in [9.17, 15) is 0 Å². The predicted octanol–water partition coefficient (Wildman–Crippen LogP) is 2.10. The molecular weight excluding hydrogens is 220 g/mol. The third kappa shape index (κ3) is 1.40. The zero-order valence-electron chi connectivity index (χ0n) is 6.24. The average Bonchev–Trinajstić information content (AvgIpc) is 2.58. The van der Waals surface area contributed by atoms with Gasteiger partial charge in [-0.05, 0) is 24.3 Å². The molecule has 1 N–H and O–H groups in total. The molecule has 0 aromatic heterocycles. The average molecular weight is 227 g/mol. The number of anilines is 1. The predicted molar refractivity (Wildman–Crippen MR) is 49.5 cm³/mol. The summed E-state index contributed by atoms with van der Waals surface area (Å²) in [6.07, 6.45) is 0. The van der Waals surface area contributed by atoms with Gasteiger partial charge in [0.1, 0.15) is 0 Å². The van der Waals surface area contributed by atoms with E-state index in [4.69, 9.17) is 0 Å². The fraction of sp³-hybridized carbons (Fsp3) is 0.143. The van der Waals surface area contributed by atoms with Crippen LogP contribution in [0.3, 0.4) is 0 Å². The standard InChI is InChI=1S/C7H7BrN4/c8-6-1-3-7(4-2-6)12-5-9-10-11-12/h1-4H,5H2,(H,9,11). The van der Waals surface area contributed by atoms with Crippen molar-refractivity contribution >= 4 is 21.6 Å². The van der Waals surface area contributed by atoms with Gasteiger partial charge in [0.05, 0.1) is 5.69 Å². The van der Waals surface area contributed by atoms with Crippen LogP contribution in [0.4, 0.5) is 5.69 Å². The zero-order valence-corrected chi connectivity index (χ0v) is 7.82. The van der Waals surface area contributed by atoms with Crippen LogP contribution in [0, 0.1) is 0 Å². The lowest BCUT2D eigenvalue weighted by atomic mass is 10.3. The van der Waals surface area contributed by atoms with E-state index in [0.717, 1.165) is 10.2 Å². The van der Waals surface area contributed by atoms with Gasteiger partial charge >= 0.3 is 0 Å². The van der Waals surface area contributed by atoms with Crippen LogP contribution < -0.4 is 10.5 Å². The summed E-state index contributed by atoms with van der Waals surface area (Å²) in [4.78, 5) is 0. The first-order chi connectivity index (χ1) is 5.86. The van der Waals surface area contributed by atoms with Gasteiger partial charge in [-0.2, -0.15) is 5.53 Å². The van der Waals surface area contributed by atoms with Crippen LogP contribution in [-0.4, -0.2) is 6.67 Å². The summed E-state index contributed by atoms with van der Waals surface area (Å²) in [6, 6.07) is 7.95. The van der Waals surface area contributed by atoms with Crippen molar-refractivity contribution in [3.8, 4) is 0 Å². The number of halogens is 1. The molecule has 62 valence electrons. The maximum Gasteiger partial charge on any atom is 0.154 e. The lowest BCUT2D eigenvalue weighted by molar-refractivity contribution is 0.749. The molecule has 0 atom stereocenters. The molecule has 0 spiro atoms. The van der Waals surface area contributed by atoms with Gasteiger partial charge in [0.2, 0.25) is 0 Å². The second-order valence-corrected chi connectivity index (χ2v) is 3.30. The fourth-order valence-electron chi connectivity index (χ4n) is 0.973. The first-order valence-electron chi connectivity index (χ1n) is 3.51. The van der Waals surface area contributed by atoms with Gasteiger partial charge in [0.15, 0.2) is 6.67 Å². The van der Waals surface area contributed by atoms with Gasteiger partial charge in [0.25, 0.3) is 0 Å². The normalized spacial score (nSPS) is 14.9. The number of benzene rings is 1. The molecule has 0 unspecified atom stereocenters. The molecule has 0 fully saturated rings. The molecule has 1 heterocycles. The molecule has 12 heavy (non-hydrogen) atoms. The Morgan fingerprint density at radius 1 is 1.33 bits per heavy atom. The largest absolute Gasteiger partial charge is 0.247 e. The van der Waals surface area contributed by atoms with Crippen molar-refractivity contribution in [2.24, 2.45) is 10.3 Å². The molecule has 0 saturated heterocycles.